The molecule has 0 amide bonds. The fourth-order valence-electron chi connectivity index (χ4n) is 2.10. The van der Waals surface area contributed by atoms with Crippen LogP contribution >= 0.6 is 28.1 Å². The maximum atomic E-state index is 12.5. The van der Waals surface area contributed by atoms with E-state index in [1.54, 1.807) is 12.1 Å². The molecule has 0 aliphatic carbocycles. The van der Waals surface area contributed by atoms with Crippen LogP contribution in [0.15, 0.2) is 30.3 Å². The van der Waals surface area contributed by atoms with Crippen LogP contribution in [-0.2, 0) is 6.54 Å². The third kappa shape index (κ3) is 2.72. The molecule has 2 aromatic rings. The summed E-state index contributed by atoms with van der Waals surface area (Å²) in [7, 11) is 0. The molecule has 1 aromatic heterocycles. The second kappa shape index (κ2) is 6.19. The van der Waals surface area contributed by atoms with Crippen molar-refractivity contribution in [3.05, 3.63) is 40.7 Å². The zero-order valence-electron chi connectivity index (χ0n) is 10.3. The standard InChI is InChI=1S/C12H11BrN4OS.BrH/c13-9-6-14-11-16(7-9)15-12(19)17(11)10(18)8-4-2-1-3-5-8;/h1-5,9H,6-7H2,(H,15,19);1H. The Balaban J connectivity index is 0.00000147. The molecule has 20 heavy (non-hydrogen) atoms. The fraction of sp³-hybridized carbons (Fsp3) is 0.250. The first-order valence-electron chi connectivity index (χ1n) is 5.89. The third-order valence-electron chi connectivity index (χ3n) is 2.99. The summed E-state index contributed by atoms with van der Waals surface area (Å²) in [6, 6.07) is 9.12. The summed E-state index contributed by atoms with van der Waals surface area (Å²) in [4.78, 5) is 12.8. The molecule has 1 aliphatic heterocycles. The Morgan fingerprint density at radius 2 is 2.10 bits per heavy atom. The van der Waals surface area contributed by atoms with E-state index >= 15 is 0 Å². The topological polar surface area (TPSA) is 53.7 Å². The van der Waals surface area contributed by atoms with Gasteiger partial charge in [0.15, 0.2) is 0 Å². The van der Waals surface area contributed by atoms with Gasteiger partial charge in [0.1, 0.15) is 6.54 Å². The first kappa shape index (κ1) is 15.4. The van der Waals surface area contributed by atoms with Gasteiger partial charge in [-0.3, -0.25) is 5.32 Å². The zero-order valence-corrected chi connectivity index (χ0v) is 14.3. The second-order valence-electron chi connectivity index (χ2n) is 4.34. The highest BCUT2D eigenvalue weighted by Gasteiger charge is 2.30. The lowest BCUT2D eigenvalue weighted by atomic mass is 10.2. The Bertz CT molecular complexity index is 683. The van der Waals surface area contributed by atoms with Gasteiger partial charge in [0, 0.05) is 0 Å². The number of fused-ring (bicyclic) bond motifs is 1. The van der Waals surface area contributed by atoms with E-state index < -0.39 is 0 Å². The number of alkyl halides is 1. The summed E-state index contributed by atoms with van der Waals surface area (Å²) in [5.41, 5.74) is 0.615. The number of hydrogen-bond acceptors (Lipinski definition) is 3. The molecule has 106 valence electrons. The van der Waals surface area contributed by atoms with Gasteiger partial charge in [-0.1, -0.05) is 34.1 Å². The van der Waals surface area contributed by atoms with Crippen LogP contribution < -0.4 is 27.0 Å². The van der Waals surface area contributed by atoms with Crippen LogP contribution in [0.3, 0.4) is 0 Å². The third-order valence-corrected chi connectivity index (χ3v) is 3.87. The van der Waals surface area contributed by atoms with Gasteiger partial charge in [0.05, 0.1) is 16.9 Å². The first-order valence-corrected chi connectivity index (χ1v) is 7.22. The minimum absolute atomic E-state index is 0. The van der Waals surface area contributed by atoms with Gasteiger partial charge in [0.25, 0.3) is 4.77 Å². The van der Waals surface area contributed by atoms with Gasteiger partial charge in [-0.05, 0) is 24.4 Å². The SMILES string of the molecule is O=C(c1ccccc1)n1c2[n+]([nH]c1=S)CC(Br)CN2.[Br-]. The summed E-state index contributed by atoms with van der Waals surface area (Å²) >= 11 is 8.79. The van der Waals surface area contributed by atoms with Crippen LogP contribution in [0.2, 0.25) is 0 Å². The van der Waals surface area contributed by atoms with E-state index in [-0.39, 0.29) is 22.9 Å². The number of aromatic amines is 1. The summed E-state index contributed by atoms with van der Waals surface area (Å²) in [6.07, 6.45) is 0. The Kier molecular flexibility index (Phi) is 4.77. The normalized spacial score (nSPS) is 16.8. The lowest BCUT2D eigenvalue weighted by molar-refractivity contribution is -0.740. The Morgan fingerprint density at radius 3 is 2.80 bits per heavy atom. The number of hydrogen-bond donors (Lipinski definition) is 2. The molecular formula is C12H12Br2N4OS. The fourth-order valence-corrected chi connectivity index (χ4v) is 2.84. The number of halogens is 2. The number of carbonyl (C=O) groups is 1. The Morgan fingerprint density at radius 1 is 1.40 bits per heavy atom. The van der Waals surface area contributed by atoms with Gasteiger partial charge in [-0.15, -0.1) is 4.57 Å². The second-order valence-corrected chi connectivity index (χ2v) is 6.02. The number of nitrogens with one attached hydrogen (secondary N) is 2. The molecule has 0 fully saturated rings. The minimum atomic E-state index is -0.129. The van der Waals surface area contributed by atoms with E-state index in [9.17, 15) is 4.79 Å². The number of benzene rings is 1. The first-order chi connectivity index (χ1) is 9.16. The molecule has 2 N–H and O–H groups in total. The highest BCUT2D eigenvalue weighted by molar-refractivity contribution is 9.09. The van der Waals surface area contributed by atoms with Crippen molar-refractivity contribution in [3.8, 4) is 0 Å². The smallest absolute Gasteiger partial charge is 0.385 e. The molecule has 2 heterocycles. The van der Waals surface area contributed by atoms with Crippen molar-refractivity contribution in [3.63, 3.8) is 0 Å². The molecule has 1 aliphatic rings. The molecular weight excluding hydrogens is 408 g/mol. The van der Waals surface area contributed by atoms with Crippen LogP contribution in [0, 0.1) is 4.77 Å². The summed E-state index contributed by atoms with van der Waals surface area (Å²) in [6.45, 7) is 1.51. The summed E-state index contributed by atoms with van der Waals surface area (Å²) in [5, 5.41) is 6.24. The molecule has 0 bridgehead atoms. The van der Waals surface area contributed by atoms with Gasteiger partial charge in [0.2, 0.25) is 0 Å². The predicted molar refractivity (Wildman–Crippen MR) is 77.2 cm³/mol. The number of aromatic nitrogens is 3. The average Bonchev–Trinajstić information content (AvgIpc) is 2.74. The average molecular weight is 420 g/mol. The predicted octanol–water partition coefficient (Wildman–Crippen LogP) is -1.29. The minimum Gasteiger partial charge on any atom is -1.00 e. The number of carbonyl (C=O) groups excluding carboxylic acids is 1. The molecule has 1 atom stereocenters. The van der Waals surface area contributed by atoms with Crippen LogP contribution in [0.25, 0.3) is 0 Å². The number of nitrogens with zero attached hydrogens (tertiary/aromatic N) is 2. The molecule has 8 heteroatoms. The van der Waals surface area contributed by atoms with Crippen molar-refractivity contribution in [2.24, 2.45) is 0 Å². The maximum absolute atomic E-state index is 12.5. The highest BCUT2D eigenvalue weighted by Crippen LogP contribution is 2.14. The van der Waals surface area contributed by atoms with Gasteiger partial charge >= 0.3 is 11.9 Å². The lowest BCUT2D eigenvalue weighted by Crippen LogP contribution is -3.00. The van der Waals surface area contributed by atoms with E-state index in [1.165, 1.54) is 4.57 Å². The maximum Gasteiger partial charge on any atom is 0.385 e. The highest BCUT2D eigenvalue weighted by atomic mass is 79.9. The van der Waals surface area contributed by atoms with Gasteiger partial charge < -0.3 is 17.0 Å². The molecule has 0 radical (unpaired) electrons. The van der Waals surface area contributed by atoms with Crippen LogP contribution in [0.1, 0.15) is 10.4 Å². The molecule has 0 saturated heterocycles. The molecule has 0 saturated carbocycles. The lowest BCUT2D eigenvalue weighted by Gasteiger charge is -2.14. The number of anilines is 1. The van der Waals surface area contributed by atoms with E-state index in [0.717, 1.165) is 13.1 Å². The number of H-pyrrole nitrogens is 1. The van der Waals surface area contributed by atoms with E-state index in [1.807, 2.05) is 22.9 Å². The Labute approximate surface area is 139 Å². The van der Waals surface area contributed by atoms with E-state index in [0.29, 0.717) is 21.1 Å². The van der Waals surface area contributed by atoms with Crippen molar-refractivity contribution in [1.82, 2.24) is 9.67 Å². The molecule has 1 unspecified atom stereocenters. The van der Waals surface area contributed by atoms with Crippen LogP contribution in [-0.4, -0.2) is 26.9 Å². The molecule has 1 aromatic carbocycles. The number of rotatable bonds is 1. The van der Waals surface area contributed by atoms with Gasteiger partial charge in [-0.25, -0.2) is 9.89 Å². The van der Waals surface area contributed by atoms with E-state index in [4.69, 9.17) is 12.2 Å². The van der Waals surface area contributed by atoms with Crippen molar-refractivity contribution in [2.45, 2.75) is 11.4 Å². The van der Waals surface area contributed by atoms with Crippen molar-refractivity contribution < 1.29 is 26.5 Å². The Hall–Kier alpha value is -0.990. The van der Waals surface area contributed by atoms with Gasteiger partial charge in [-0.2, -0.15) is 4.68 Å². The molecule has 3 rings (SSSR count). The van der Waals surface area contributed by atoms with Crippen molar-refractivity contribution >= 4 is 40.0 Å². The largest absolute Gasteiger partial charge is 1.00 e. The van der Waals surface area contributed by atoms with Crippen molar-refractivity contribution in [1.29, 1.82) is 0 Å². The summed E-state index contributed by atoms with van der Waals surface area (Å²) in [5.74, 6) is 0.575. The van der Waals surface area contributed by atoms with E-state index in [2.05, 4.69) is 26.3 Å². The molecule has 5 nitrogen and oxygen atoms in total. The zero-order chi connectivity index (χ0) is 13.4. The quantitative estimate of drug-likeness (QED) is 0.344. The summed E-state index contributed by atoms with van der Waals surface area (Å²) < 4.78 is 3.76. The monoisotopic (exact) mass is 418 g/mol. The van der Waals surface area contributed by atoms with Crippen LogP contribution in [0.5, 0.6) is 0 Å². The molecule has 0 spiro atoms. The van der Waals surface area contributed by atoms with Crippen molar-refractivity contribution in [2.75, 3.05) is 11.9 Å². The van der Waals surface area contributed by atoms with Crippen LogP contribution in [0.4, 0.5) is 5.95 Å².